The van der Waals surface area contributed by atoms with Gasteiger partial charge in [0, 0.05) is 10.6 Å². The van der Waals surface area contributed by atoms with Crippen LogP contribution in [0.3, 0.4) is 0 Å². The van der Waals surface area contributed by atoms with Gasteiger partial charge in [-0.1, -0.05) is 6.92 Å². The molecule has 1 radical (unpaired) electrons. The Balaban J connectivity index is 2.98. The van der Waals surface area contributed by atoms with Crippen LogP contribution in [0.25, 0.3) is 0 Å². The van der Waals surface area contributed by atoms with Gasteiger partial charge in [-0.2, -0.15) is 0 Å². The summed E-state index contributed by atoms with van der Waals surface area (Å²) in [6.45, 7) is 5.54. The average Bonchev–Trinajstić information content (AvgIpc) is 1.68. The lowest BCUT2D eigenvalue weighted by Gasteiger charge is -1.82. The molecule has 1 unspecified atom stereocenters. The second-order valence-electron chi connectivity index (χ2n) is 1.55. The van der Waals surface area contributed by atoms with E-state index in [1.54, 1.807) is 0 Å². The third-order valence-electron chi connectivity index (χ3n) is 0.775. The quantitative estimate of drug-likeness (QED) is 0.512. The van der Waals surface area contributed by atoms with Crippen LogP contribution < -0.4 is 0 Å². The van der Waals surface area contributed by atoms with Crippen LogP contribution in [0.2, 0.25) is 0 Å². The molecule has 0 aliphatic heterocycles. The molecule has 41 valence electrons. The molecule has 0 rings (SSSR count). The molecule has 0 saturated carbocycles. The van der Waals surface area contributed by atoms with Crippen LogP contribution in [0.4, 0.5) is 0 Å². The predicted molar refractivity (Wildman–Crippen MR) is 32.1 cm³/mol. The number of hydrogen-bond acceptors (Lipinski definition) is 1. The van der Waals surface area contributed by atoms with Crippen molar-refractivity contribution in [2.45, 2.75) is 25.0 Å². The Labute approximate surface area is 48.6 Å². The van der Waals surface area contributed by atoms with Crippen molar-refractivity contribution in [3.63, 3.8) is 0 Å². The summed E-state index contributed by atoms with van der Waals surface area (Å²) in [5.74, 6) is 0. The fourth-order valence-corrected chi connectivity index (χ4v) is 0.598. The topological polar surface area (TPSA) is 17.1 Å². The summed E-state index contributed by atoms with van der Waals surface area (Å²) >= 11 is 0.659. The van der Waals surface area contributed by atoms with Crippen LogP contribution >= 0.6 is 0 Å². The van der Waals surface area contributed by atoms with Crippen molar-refractivity contribution >= 4 is 11.7 Å². The Bertz CT molecular complexity index is 54.0. The predicted octanol–water partition coefficient (Wildman–Crippen LogP) is 1.42. The van der Waals surface area contributed by atoms with Gasteiger partial charge in [-0.3, -0.25) is 0 Å². The van der Waals surface area contributed by atoms with Gasteiger partial charge in [-0.25, -0.2) is 0 Å². The Kier molecular flexibility index (Phi) is 4.20. The SMILES string of the molecule is [CH2]CCC(C)[S+]=O. The largest absolute Gasteiger partial charge is 0.461 e. The van der Waals surface area contributed by atoms with Crippen LogP contribution in [0.1, 0.15) is 19.8 Å². The molecule has 0 aromatic rings. The van der Waals surface area contributed by atoms with Gasteiger partial charge < -0.3 is 0 Å². The molecule has 1 nitrogen and oxygen atoms in total. The molecule has 0 aliphatic rings. The van der Waals surface area contributed by atoms with E-state index in [1.807, 2.05) is 6.92 Å². The standard InChI is InChI=1S/C5H10OS/c1-3-4-5(2)7-6/h5H,1,3-4H2,2H3/q+1. The molecule has 1 atom stereocenters. The van der Waals surface area contributed by atoms with Crippen molar-refractivity contribution < 1.29 is 4.21 Å². The van der Waals surface area contributed by atoms with E-state index in [0.29, 0.717) is 11.7 Å². The highest BCUT2D eigenvalue weighted by Crippen LogP contribution is 1.94. The average molecular weight is 118 g/mol. The van der Waals surface area contributed by atoms with Gasteiger partial charge in [0.25, 0.3) is 0 Å². The van der Waals surface area contributed by atoms with Crippen LogP contribution in [-0.2, 0) is 15.9 Å². The first kappa shape index (κ1) is 7.02. The molecule has 0 aromatic carbocycles. The minimum absolute atomic E-state index is 0.248. The van der Waals surface area contributed by atoms with Crippen LogP contribution in [-0.4, -0.2) is 5.25 Å². The molecule has 0 spiro atoms. The molecular formula is C5H10OS+. The maximum absolute atomic E-state index is 9.91. The molecule has 0 aliphatic carbocycles. The first-order chi connectivity index (χ1) is 3.31. The van der Waals surface area contributed by atoms with Gasteiger partial charge >= 0.3 is 11.7 Å². The third kappa shape index (κ3) is 3.86. The lowest BCUT2D eigenvalue weighted by molar-refractivity contribution is 0.596. The van der Waals surface area contributed by atoms with Crippen molar-refractivity contribution in [3.8, 4) is 0 Å². The highest BCUT2D eigenvalue weighted by molar-refractivity contribution is 7.66. The molecule has 0 fully saturated rings. The van der Waals surface area contributed by atoms with E-state index in [4.69, 9.17) is 0 Å². The lowest BCUT2D eigenvalue weighted by Crippen LogP contribution is -1.95. The first-order valence-electron chi connectivity index (χ1n) is 2.39. The van der Waals surface area contributed by atoms with E-state index >= 15 is 0 Å². The van der Waals surface area contributed by atoms with Crippen molar-refractivity contribution in [2.75, 3.05) is 0 Å². The van der Waals surface area contributed by atoms with Gasteiger partial charge in [0.2, 0.25) is 5.25 Å². The molecular weight excluding hydrogens is 108 g/mol. The van der Waals surface area contributed by atoms with E-state index in [0.717, 1.165) is 12.8 Å². The normalized spacial score (nSPS) is 13.4. The fraction of sp³-hybridized carbons (Fsp3) is 0.800. The summed E-state index contributed by atoms with van der Waals surface area (Å²) in [6.07, 6.45) is 1.81. The molecule has 0 saturated heterocycles. The van der Waals surface area contributed by atoms with Crippen molar-refractivity contribution in [1.29, 1.82) is 0 Å². The zero-order chi connectivity index (χ0) is 5.70. The smallest absolute Gasteiger partial charge is 0.0531 e. The monoisotopic (exact) mass is 118 g/mol. The van der Waals surface area contributed by atoms with Gasteiger partial charge in [0.05, 0.1) is 0 Å². The van der Waals surface area contributed by atoms with Crippen molar-refractivity contribution in [2.24, 2.45) is 0 Å². The molecule has 0 aromatic heterocycles. The molecule has 0 amide bonds. The Morgan fingerprint density at radius 1 is 1.86 bits per heavy atom. The van der Waals surface area contributed by atoms with Crippen LogP contribution in [0.15, 0.2) is 0 Å². The molecule has 2 heteroatoms. The lowest BCUT2D eigenvalue weighted by atomic mass is 10.3. The van der Waals surface area contributed by atoms with Gasteiger partial charge in [0.15, 0.2) is 0 Å². The second-order valence-corrected chi connectivity index (χ2v) is 2.55. The Morgan fingerprint density at radius 3 is 2.57 bits per heavy atom. The van der Waals surface area contributed by atoms with E-state index in [9.17, 15) is 4.21 Å². The number of hydrogen-bond donors (Lipinski definition) is 0. The van der Waals surface area contributed by atoms with E-state index < -0.39 is 0 Å². The molecule has 0 bridgehead atoms. The van der Waals surface area contributed by atoms with E-state index in [2.05, 4.69) is 6.92 Å². The Morgan fingerprint density at radius 2 is 2.43 bits per heavy atom. The van der Waals surface area contributed by atoms with Gasteiger partial charge in [-0.05, 0) is 13.3 Å². The Hall–Kier alpha value is 0.0200. The van der Waals surface area contributed by atoms with E-state index in [-0.39, 0.29) is 5.25 Å². The van der Waals surface area contributed by atoms with Crippen molar-refractivity contribution in [1.82, 2.24) is 0 Å². The summed E-state index contributed by atoms with van der Waals surface area (Å²) < 4.78 is 9.91. The van der Waals surface area contributed by atoms with Crippen LogP contribution in [0.5, 0.6) is 0 Å². The minimum atomic E-state index is 0.248. The summed E-state index contributed by atoms with van der Waals surface area (Å²) in [6, 6.07) is 0. The summed E-state index contributed by atoms with van der Waals surface area (Å²) in [4.78, 5) is 0. The summed E-state index contributed by atoms with van der Waals surface area (Å²) in [5, 5.41) is 0.248. The van der Waals surface area contributed by atoms with Crippen LogP contribution in [0, 0.1) is 6.92 Å². The molecule has 0 heterocycles. The zero-order valence-electron chi connectivity index (χ0n) is 4.52. The summed E-state index contributed by atoms with van der Waals surface area (Å²) in [5.41, 5.74) is 0. The van der Waals surface area contributed by atoms with E-state index in [1.165, 1.54) is 0 Å². The highest BCUT2D eigenvalue weighted by atomic mass is 32.1. The first-order valence-corrected chi connectivity index (χ1v) is 3.19. The second kappa shape index (κ2) is 4.19. The molecule has 0 N–H and O–H groups in total. The zero-order valence-corrected chi connectivity index (χ0v) is 5.33. The van der Waals surface area contributed by atoms with Crippen molar-refractivity contribution in [3.05, 3.63) is 6.92 Å². The number of rotatable bonds is 3. The maximum atomic E-state index is 9.91. The molecule has 7 heavy (non-hydrogen) atoms. The van der Waals surface area contributed by atoms with Gasteiger partial charge in [0.1, 0.15) is 0 Å². The minimum Gasteiger partial charge on any atom is -0.0531 e. The highest BCUT2D eigenvalue weighted by Gasteiger charge is 2.10. The summed E-state index contributed by atoms with van der Waals surface area (Å²) in [7, 11) is 0. The third-order valence-corrected chi connectivity index (χ3v) is 1.34. The maximum Gasteiger partial charge on any atom is 0.461 e. The fourth-order valence-electron chi connectivity index (χ4n) is 0.336. The van der Waals surface area contributed by atoms with Gasteiger partial charge in [-0.15, -0.1) is 0 Å².